The summed E-state index contributed by atoms with van der Waals surface area (Å²) in [5, 5.41) is 9.54. The number of hydrogen-bond acceptors (Lipinski definition) is 4. The summed E-state index contributed by atoms with van der Waals surface area (Å²) in [6.45, 7) is 1.95. The summed E-state index contributed by atoms with van der Waals surface area (Å²) in [5.41, 5.74) is 1.55. The first kappa shape index (κ1) is 20.1. The van der Waals surface area contributed by atoms with Crippen molar-refractivity contribution in [1.82, 2.24) is 20.1 Å². The van der Waals surface area contributed by atoms with E-state index in [1.165, 1.54) is 17.8 Å². The van der Waals surface area contributed by atoms with Gasteiger partial charge in [0.05, 0.1) is 11.3 Å². The third-order valence-electron chi connectivity index (χ3n) is 5.11. The number of alkyl halides is 3. The van der Waals surface area contributed by atoms with Crippen LogP contribution < -0.4 is 10.6 Å². The predicted molar refractivity (Wildman–Crippen MR) is 106 cm³/mol. The van der Waals surface area contributed by atoms with Crippen LogP contribution in [0.3, 0.4) is 0 Å². The molecule has 3 heterocycles. The normalized spacial score (nSPS) is 15.2. The molecule has 6 nitrogen and oxygen atoms in total. The highest BCUT2D eigenvalue weighted by Crippen LogP contribution is 2.29. The molecule has 2 N–H and O–H groups in total. The maximum Gasteiger partial charge on any atom is 0.504 e. The van der Waals surface area contributed by atoms with Crippen molar-refractivity contribution in [3.63, 3.8) is 0 Å². The Bertz CT molecular complexity index is 1010. The predicted octanol–water partition coefficient (Wildman–Crippen LogP) is 4.14. The molecule has 0 unspecified atom stereocenters. The molecule has 3 aromatic rings. The number of rotatable bonds is 4. The number of amides is 1. The molecule has 4 rings (SSSR count). The zero-order chi connectivity index (χ0) is 21.1. The first-order valence-corrected chi connectivity index (χ1v) is 9.62. The summed E-state index contributed by atoms with van der Waals surface area (Å²) < 4.78 is 39.3. The van der Waals surface area contributed by atoms with Crippen molar-refractivity contribution in [2.75, 3.05) is 18.4 Å². The molecule has 0 bridgehead atoms. The number of halogens is 3. The van der Waals surface area contributed by atoms with Gasteiger partial charge in [0.1, 0.15) is 5.69 Å². The summed E-state index contributed by atoms with van der Waals surface area (Å²) in [6.07, 6.45) is -0.518. The fraction of sp³-hybridized carbons (Fsp3) is 0.286. The Kier molecular flexibility index (Phi) is 5.54. The molecule has 0 aliphatic carbocycles. The number of carbonyl (C=O) groups excluding carboxylic acids is 1. The van der Waals surface area contributed by atoms with Gasteiger partial charge in [-0.25, -0.2) is 0 Å². The van der Waals surface area contributed by atoms with E-state index in [1.54, 1.807) is 24.3 Å². The first-order valence-electron chi connectivity index (χ1n) is 9.62. The molecule has 1 aliphatic rings. The lowest BCUT2D eigenvalue weighted by molar-refractivity contribution is -0.212. The second-order valence-corrected chi connectivity index (χ2v) is 7.12. The van der Waals surface area contributed by atoms with Gasteiger partial charge in [-0.2, -0.15) is 9.78 Å². The average molecular weight is 415 g/mol. The summed E-state index contributed by atoms with van der Waals surface area (Å²) in [4.78, 5) is 16.8. The van der Waals surface area contributed by atoms with Gasteiger partial charge < -0.3 is 10.6 Å². The smallest absolute Gasteiger partial charge is 0.322 e. The lowest BCUT2D eigenvalue weighted by Gasteiger charge is -2.23. The van der Waals surface area contributed by atoms with Crippen LogP contribution in [0.15, 0.2) is 54.9 Å². The molecule has 0 atom stereocenters. The number of nitrogens with zero attached hydrogens (tertiary/aromatic N) is 3. The van der Waals surface area contributed by atoms with Gasteiger partial charge in [0.2, 0.25) is 0 Å². The molecule has 1 amide bonds. The Balaban J connectivity index is 1.57. The Hall–Kier alpha value is -3.20. The highest BCUT2D eigenvalue weighted by atomic mass is 19.4. The maximum atomic E-state index is 13.2. The highest BCUT2D eigenvalue weighted by Gasteiger charge is 2.34. The van der Waals surface area contributed by atoms with Crippen LogP contribution in [0, 0.1) is 0 Å². The standard InChI is InChI=1S/C21H20F3N5O/c22-21(23,24)29-13-17(19(28-29)18-3-1-2-10-26-18)20(30)27-16-6-4-14(5-7-16)15-8-11-25-12-9-15/h1-7,10,13,15,25H,8-9,11-12H2,(H,27,30). The van der Waals surface area contributed by atoms with Crippen molar-refractivity contribution in [1.29, 1.82) is 0 Å². The highest BCUT2D eigenvalue weighted by molar-refractivity contribution is 6.07. The molecule has 0 radical (unpaired) electrons. The van der Waals surface area contributed by atoms with Crippen LogP contribution >= 0.6 is 0 Å². The van der Waals surface area contributed by atoms with E-state index >= 15 is 0 Å². The van der Waals surface area contributed by atoms with E-state index in [4.69, 9.17) is 0 Å². The van der Waals surface area contributed by atoms with Crippen molar-refractivity contribution in [2.45, 2.75) is 25.1 Å². The Morgan fingerprint density at radius 1 is 1.10 bits per heavy atom. The van der Waals surface area contributed by atoms with E-state index in [-0.39, 0.29) is 21.6 Å². The topological polar surface area (TPSA) is 71.8 Å². The van der Waals surface area contributed by atoms with Crippen LogP contribution in [0.2, 0.25) is 0 Å². The Labute approximate surface area is 171 Å². The van der Waals surface area contributed by atoms with Gasteiger partial charge in [-0.3, -0.25) is 9.78 Å². The van der Waals surface area contributed by atoms with E-state index in [9.17, 15) is 18.0 Å². The minimum atomic E-state index is -4.74. The summed E-state index contributed by atoms with van der Waals surface area (Å²) in [5.74, 6) is -0.211. The molecule has 0 saturated carbocycles. The number of carbonyl (C=O) groups is 1. The molecule has 1 aromatic carbocycles. The van der Waals surface area contributed by atoms with Gasteiger partial charge in [-0.15, -0.1) is 13.2 Å². The first-order chi connectivity index (χ1) is 14.4. The summed E-state index contributed by atoms with van der Waals surface area (Å²) in [7, 11) is 0. The van der Waals surface area contributed by atoms with Crippen LogP contribution in [0.5, 0.6) is 0 Å². The molecule has 1 saturated heterocycles. The number of benzene rings is 1. The van der Waals surface area contributed by atoms with E-state index in [2.05, 4.69) is 20.7 Å². The molecule has 0 spiro atoms. The van der Waals surface area contributed by atoms with Gasteiger partial charge >= 0.3 is 6.30 Å². The van der Waals surface area contributed by atoms with Crippen molar-refractivity contribution in [2.24, 2.45) is 0 Å². The van der Waals surface area contributed by atoms with E-state index in [1.807, 2.05) is 12.1 Å². The number of hydrogen-bond donors (Lipinski definition) is 2. The molecule has 1 aliphatic heterocycles. The van der Waals surface area contributed by atoms with Gasteiger partial charge in [-0.1, -0.05) is 18.2 Å². The van der Waals surface area contributed by atoms with Gasteiger partial charge in [-0.05, 0) is 61.7 Å². The van der Waals surface area contributed by atoms with Crippen molar-refractivity contribution >= 4 is 11.6 Å². The molecule has 30 heavy (non-hydrogen) atoms. The van der Waals surface area contributed by atoms with Gasteiger partial charge in [0.25, 0.3) is 5.91 Å². The molecule has 156 valence electrons. The number of aromatic nitrogens is 3. The SMILES string of the molecule is O=C(Nc1ccc(C2CCNCC2)cc1)c1cn(C(F)(F)F)nc1-c1ccccn1. The van der Waals surface area contributed by atoms with E-state index in [0.29, 0.717) is 17.8 Å². The molecule has 2 aromatic heterocycles. The van der Waals surface area contributed by atoms with Crippen LogP contribution in [0.1, 0.15) is 34.7 Å². The van der Waals surface area contributed by atoms with E-state index in [0.717, 1.165) is 25.9 Å². The third-order valence-corrected chi connectivity index (χ3v) is 5.11. The quantitative estimate of drug-likeness (QED) is 0.672. The lowest BCUT2D eigenvalue weighted by Crippen LogP contribution is -2.26. The molecular formula is C21H20F3N5O. The largest absolute Gasteiger partial charge is 0.504 e. The second-order valence-electron chi connectivity index (χ2n) is 7.12. The molecular weight excluding hydrogens is 395 g/mol. The van der Waals surface area contributed by atoms with Gasteiger partial charge in [0, 0.05) is 18.1 Å². The van der Waals surface area contributed by atoms with Crippen LogP contribution in [-0.4, -0.2) is 33.8 Å². The van der Waals surface area contributed by atoms with Crippen molar-refractivity contribution in [3.8, 4) is 11.4 Å². The minimum Gasteiger partial charge on any atom is -0.322 e. The zero-order valence-corrected chi connectivity index (χ0v) is 16.0. The number of nitrogens with one attached hydrogen (secondary N) is 2. The minimum absolute atomic E-state index is 0.128. The zero-order valence-electron chi connectivity index (χ0n) is 16.0. The van der Waals surface area contributed by atoms with Gasteiger partial charge in [0.15, 0.2) is 0 Å². The van der Waals surface area contributed by atoms with Crippen LogP contribution in [0.25, 0.3) is 11.4 Å². The molecule has 1 fully saturated rings. The Morgan fingerprint density at radius 2 is 1.83 bits per heavy atom. The fourth-order valence-corrected chi connectivity index (χ4v) is 3.55. The summed E-state index contributed by atoms with van der Waals surface area (Å²) in [6, 6.07) is 12.2. The third kappa shape index (κ3) is 4.35. The second kappa shape index (κ2) is 8.27. The van der Waals surface area contributed by atoms with E-state index < -0.39 is 12.2 Å². The monoisotopic (exact) mass is 415 g/mol. The number of pyridine rings is 1. The van der Waals surface area contributed by atoms with Crippen molar-refractivity contribution in [3.05, 3.63) is 66.0 Å². The Morgan fingerprint density at radius 3 is 2.47 bits per heavy atom. The van der Waals surface area contributed by atoms with Crippen LogP contribution in [-0.2, 0) is 6.30 Å². The lowest BCUT2D eigenvalue weighted by atomic mass is 9.90. The van der Waals surface area contributed by atoms with Crippen molar-refractivity contribution < 1.29 is 18.0 Å². The average Bonchev–Trinajstić information content (AvgIpc) is 3.22. The maximum absolute atomic E-state index is 13.2. The number of anilines is 1. The van der Waals surface area contributed by atoms with Crippen LogP contribution in [0.4, 0.5) is 18.9 Å². The number of piperidine rings is 1. The summed E-state index contributed by atoms with van der Waals surface area (Å²) >= 11 is 0. The fourth-order valence-electron chi connectivity index (χ4n) is 3.55. The molecule has 9 heteroatoms.